The van der Waals surface area contributed by atoms with Crippen molar-refractivity contribution in [1.29, 1.82) is 0 Å². The van der Waals surface area contributed by atoms with Crippen LogP contribution in [-0.4, -0.2) is 57.4 Å². The van der Waals surface area contributed by atoms with Crippen molar-refractivity contribution >= 4 is 22.8 Å². The van der Waals surface area contributed by atoms with Crippen LogP contribution in [0.25, 0.3) is 22.2 Å². The lowest BCUT2D eigenvalue weighted by Gasteiger charge is -2.32. The van der Waals surface area contributed by atoms with E-state index in [1.807, 2.05) is 30.6 Å². The summed E-state index contributed by atoms with van der Waals surface area (Å²) < 4.78 is 2.21. The second-order valence-corrected chi connectivity index (χ2v) is 10.1. The fourth-order valence-corrected chi connectivity index (χ4v) is 5.33. The van der Waals surface area contributed by atoms with Crippen LogP contribution in [0.2, 0.25) is 0 Å². The third-order valence-electron chi connectivity index (χ3n) is 7.46. The summed E-state index contributed by atoms with van der Waals surface area (Å²) in [5, 5.41) is 1.15. The molecule has 7 heteroatoms. The van der Waals surface area contributed by atoms with E-state index < -0.39 is 0 Å². The number of carbonyl (C=O) groups is 1. The molecule has 186 valence electrons. The van der Waals surface area contributed by atoms with E-state index in [0.717, 1.165) is 65.8 Å². The molecule has 1 saturated heterocycles. The number of carbonyl (C=O) groups excluding carboxylic acids is 1. The number of pyridine rings is 2. The molecule has 1 aromatic carbocycles. The molecule has 4 aromatic rings. The number of aryl methyl sites for hydroxylation is 2. The largest absolute Gasteiger partial charge is 0.384 e. The molecule has 36 heavy (non-hydrogen) atoms. The predicted octanol–water partition coefficient (Wildman–Crippen LogP) is 4.61. The Balaban J connectivity index is 1.30. The van der Waals surface area contributed by atoms with Crippen LogP contribution in [0, 0.1) is 6.92 Å². The van der Waals surface area contributed by atoms with E-state index in [1.54, 1.807) is 19.0 Å². The van der Waals surface area contributed by atoms with Gasteiger partial charge in [0.1, 0.15) is 11.5 Å². The van der Waals surface area contributed by atoms with E-state index in [9.17, 15) is 4.79 Å². The number of amides is 1. The van der Waals surface area contributed by atoms with Crippen LogP contribution >= 0.6 is 0 Å². The first kappa shape index (κ1) is 24.0. The van der Waals surface area contributed by atoms with Gasteiger partial charge in [-0.05, 0) is 85.8 Å². The van der Waals surface area contributed by atoms with Gasteiger partial charge in [0.15, 0.2) is 0 Å². The minimum absolute atomic E-state index is 0.0480. The van der Waals surface area contributed by atoms with E-state index in [0.29, 0.717) is 11.7 Å². The first-order chi connectivity index (χ1) is 17.3. The summed E-state index contributed by atoms with van der Waals surface area (Å²) in [4.78, 5) is 25.3. The van der Waals surface area contributed by atoms with Crippen LogP contribution in [0.4, 0.5) is 5.82 Å². The molecule has 0 unspecified atom stereocenters. The monoisotopic (exact) mass is 482 g/mol. The Labute approximate surface area is 212 Å². The van der Waals surface area contributed by atoms with Gasteiger partial charge in [-0.1, -0.05) is 12.1 Å². The van der Waals surface area contributed by atoms with Gasteiger partial charge in [-0.3, -0.25) is 9.69 Å². The normalized spacial score (nSPS) is 14.9. The maximum Gasteiger partial charge on any atom is 0.253 e. The van der Waals surface area contributed by atoms with Crippen molar-refractivity contribution in [3.8, 4) is 11.1 Å². The Morgan fingerprint density at radius 3 is 2.44 bits per heavy atom. The number of likely N-dealkylation sites (tertiary alicyclic amines) is 1. The zero-order valence-corrected chi connectivity index (χ0v) is 21.5. The van der Waals surface area contributed by atoms with Crippen molar-refractivity contribution in [2.45, 2.75) is 32.2 Å². The molecular weight excluding hydrogens is 448 g/mol. The molecule has 0 radical (unpaired) electrons. The Kier molecular flexibility index (Phi) is 6.49. The number of hydrogen-bond donors (Lipinski definition) is 1. The molecule has 1 amide bonds. The number of hydrogen-bond acceptors (Lipinski definition) is 5. The Morgan fingerprint density at radius 2 is 1.78 bits per heavy atom. The van der Waals surface area contributed by atoms with Crippen LogP contribution in [-0.2, 0) is 13.6 Å². The van der Waals surface area contributed by atoms with E-state index in [1.165, 1.54) is 11.3 Å². The molecule has 1 aliphatic rings. The quantitative estimate of drug-likeness (QED) is 0.449. The highest BCUT2D eigenvalue weighted by Crippen LogP contribution is 2.33. The summed E-state index contributed by atoms with van der Waals surface area (Å²) >= 11 is 0. The highest BCUT2D eigenvalue weighted by Gasteiger charge is 2.23. The number of nitrogens with two attached hydrogens (primary N) is 1. The van der Waals surface area contributed by atoms with E-state index >= 15 is 0 Å². The number of aromatic nitrogens is 3. The van der Waals surface area contributed by atoms with Gasteiger partial charge >= 0.3 is 0 Å². The molecule has 0 bridgehead atoms. The molecular formula is C29H34N6O. The molecule has 7 nitrogen and oxygen atoms in total. The summed E-state index contributed by atoms with van der Waals surface area (Å²) in [6, 6.07) is 14.4. The minimum Gasteiger partial charge on any atom is -0.384 e. The molecule has 3 aromatic heterocycles. The van der Waals surface area contributed by atoms with E-state index in [4.69, 9.17) is 5.73 Å². The predicted molar refractivity (Wildman–Crippen MR) is 145 cm³/mol. The molecule has 0 spiro atoms. The fourth-order valence-electron chi connectivity index (χ4n) is 5.33. The zero-order chi connectivity index (χ0) is 25.4. The van der Waals surface area contributed by atoms with Gasteiger partial charge in [0.25, 0.3) is 5.91 Å². The number of anilines is 1. The van der Waals surface area contributed by atoms with E-state index in [-0.39, 0.29) is 5.91 Å². The van der Waals surface area contributed by atoms with Gasteiger partial charge in [0.2, 0.25) is 0 Å². The van der Waals surface area contributed by atoms with Crippen LogP contribution in [0.15, 0.2) is 54.9 Å². The Hall–Kier alpha value is -3.71. The Bertz CT molecular complexity index is 1400. The molecule has 4 heterocycles. The highest BCUT2D eigenvalue weighted by atomic mass is 16.2. The third kappa shape index (κ3) is 4.58. The van der Waals surface area contributed by atoms with Gasteiger partial charge < -0.3 is 15.2 Å². The third-order valence-corrected chi connectivity index (χ3v) is 7.46. The van der Waals surface area contributed by atoms with Crippen molar-refractivity contribution in [1.82, 2.24) is 24.3 Å². The lowest BCUT2D eigenvalue weighted by atomic mass is 9.89. The zero-order valence-electron chi connectivity index (χ0n) is 21.5. The number of rotatable bonds is 5. The van der Waals surface area contributed by atoms with Crippen LogP contribution in [0.1, 0.15) is 45.9 Å². The maximum atomic E-state index is 12.2. The SMILES string of the molecule is Cc1cc(N)ncc1-c1ccnc2c1cc(CN1CCC(c3ccc(C(=O)N(C)C)cc3)CC1)n2C. The van der Waals surface area contributed by atoms with Crippen molar-refractivity contribution in [3.05, 3.63) is 77.2 Å². The fraction of sp³-hybridized carbons (Fsp3) is 0.345. The molecule has 2 N–H and O–H groups in total. The standard InChI is InChI=1S/C29H34N6O/c1-19-15-27(30)32-17-26(19)24-9-12-31-28-25(24)16-23(34(28)4)18-35-13-10-21(11-14-35)20-5-7-22(8-6-20)29(36)33(2)3/h5-9,12,15-17,21H,10-11,13-14,18H2,1-4H3,(H2,30,32). The molecule has 1 fully saturated rings. The number of fused-ring (bicyclic) bond motifs is 1. The second kappa shape index (κ2) is 9.74. The van der Waals surface area contributed by atoms with Gasteiger partial charge in [-0.2, -0.15) is 0 Å². The average molecular weight is 483 g/mol. The van der Waals surface area contributed by atoms with Gasteiger partial charge in [-0.25, -0.2) is 9.97 Å². The summed E-state index contributed by atoms with van der Waals surface area (Å²) in [6.07, 6.45) is 5.97. The molecule has 0 aliphatic carbocycles. The van der Waals surface area contributed by atoms with Crippen LogP contribution in [0.3, 0.4) is 0 Å². The average Bonchev–Trinajstić information content (AvgIpc) is 3.19. The van der Waals surface area contributed by atoms with Crippen LogP contribution < -0.4 is 5.73 Å². The lowest BCUT2D eigenvalue weighted by Crippen LogP contribution is -2.33. The smallest absolute Gasteiger partial charge is 0.253 e. The van der Waals surface area contributed by atoms with Gasteiger partial charge in [-0.15, -0.1) is 0 Å². The number of piperidine rings is 1. The maximum absolute atomic E-state index is 12.2. The van der Waals surface area contributed by atoms with E-state index in [2.05, 4.69) is 57.7 Å². The summed E-state index contributed by atoms with van der Waals surface area (Å²) in [6.45, 7) is 5.06. The van der Waals surface area contributed by atoms with Crippen molar-refractivity contribution in [3.63, 3.8) is 0 Å². The van der Waals surface area contributed by atoms with Gasteiger partial charge in [0.05, 0.1) is 0 Å². The van der Waals surface area contributed by atoms with Crippen LogP contribution in [0.5, 0.6) is 0 Å². The second-order valence-electron chi connectivity index (χ2n) is 10.1. The molecule has 0 saturated carbocycles. The number of nitrogens with zero attached hydrogens (tertiary/aromatic N) is 5. The highest BCUT2D eigenvalue weighted by molar-refractivity contribution is 5.95. The minimum atomic E-state index is 0.0480. The summed E-state index contributed by atoms with van der Waals surface area (Å²) in [7, 11) is 5.68. The molecule has 0 atom stereocenters. The number of benzene rings is 1. The van der Waals surface area contributed by atoms with Gasteiger partial charge in [0, 0.05) is 62.3 Å². The molecule has 1 aliphatic heterocycles. The van der Waals surface area contributed by atoms with Crippen molar-refractivity contribution in [2.75, 3.05) is 32.9 Å². The summed E-state index contributed by atoms with van der Waals surface area (Å²) in [5.74, 6) is 1.12. The van der Waals surface area contributed by atoms with Crippen molar-refractivity contribution in [2.24, 2.45) is 7.05 Å². The summed E-state index contributed by atoms with van der Waals surface area (Å²) in [5.41, 5.74) is 13.5. The van der Waals surface area contributed by atoms with Crippen molar-refractivity contribution < 1.29 is 4.79 Å². The Morgan fingerprint density at radius 1 is 1.06 bits per heavy atom. The topological polar surface area (TPSA) is 80.3 Å². The first-order valence-corrected chi connectivity index (χ1v) is 12.5. The lowest BCUT2D eigenvalue weighted by molar-refractivity contribution is 0.0827. The molecule has 5 rings (SSSR count). The first-order valence-electron chi connectivity index (χ1n) is 12.5. The number of nitrogen functional groups attached to an aromatic ring is 1.